The summed E-state index contributed by atoms with van der Waals surface area (Å²) in [4.78, 5) is 29.4. The fraction of sp³-hybridized carbons (Fsp3) is 0.250. The summed E-state index contributed by atoms with van der Waals surface area (Å²) in [5.74, 6) is -1.08. The lowest BCUT2D eigenvalue weighted by atomic mass is 10.2. The molecule has 0 spiro atoms. The molecule has 0 aliphatic heterocycles. The van der Waals surface area contributed by atoms with Gasteiger partial charge in [0.2, 0.25) is 0 Å². The van der Waals surface area contributed by atoms with Gasteiger partial charge in [-0.3, -0.25) is 14.9 Å². The molecule has 106 valence electrons. The molecular formula is C12H12BrN3O3S. The summed E-state index contributed by atoms with van der Waals surface area (Å²) in [7, 11) is 0. The van der Waals surface area contributed by atoms with Crippen LogP contribution in [0.2, 0.25) is 0 Å². The van der Waals surface area contributed by atoms with Gasteiger partial charge >= 0.3 is 5.97 Å². The zero-order valence-electron chi connectivity index (χ0n) is 10.4. The summed E-state index contributed by atoms with van der Waals surface area (Å²) in [6.07, 6.45) is 2.92. The lowest BCUT2D eigenvalue weighted by molar-refractivity contribution is -0.137. The second-order valence-electron chi connectivity index (χ2n) is 4.08. The van der Waals surface area contributed by atoms with Gasteiger partial charge in [-0.15, -0.1) is 11.3 Å². The molecule has 2 aromatic rings. The first-order chi connectivity index (χ1) is 9.54. The average molecular weight is 358 g/mol. The van der Waals surface area contributed by atoms with E-state index >= 15 is 0 Å². The number of carboxylic acid groups (broad SMARTS) is 1. The Morgan fingerprint density at radius 1 is 1.50 bits per heavy atom. The van der Waals surface area contributed by atoms with Crippen LogP contribution < -0.4 is 5.32 Å². The molecule has 3 N–H and O–H groups in total. The Balaban J connectivity index is 1.89. The number of aryl methyl sites for hydroxylation is 1. The molecule has 0 fully saturated rings. The molecule has 0 radical (unpaired) electrons. The topological polar surface area (TPSA) is 95.1 Å². The SMILES string of the molecule is O=C(O)CCCc1csc(NC(=O)c2cc(Br)c[nH]2)n1. The molecule has 0 unspecified atom stereocenters. The molecule has 0 saturated carbocycles. The van der Waals surface area contributed by atoms with Crippen LogP contribution in [0.3, 0.4) is 0 Å². The van der Waals surface area contributed by atoms with Gasteiger partial charge in [0.1, 0.15) is 5.69 Å². The van der Waals surface area contributed by atoms with E-state index in [0.717, 1.165) is 10.2 Å². The second kappa shape index (κ2) is 6.67. The minimum atomic E-state index is -0.814. The van der Waals surface area contributed by atoms with Gasteiger partial charge in [0.25, 0.3) is 5.91 Å². The van der Waals surface area contributed by atoms with Crippen molar-refractivity contribution < 1.29 is 14.7 Å². The van der Waals surface area contributed by atoms with E-state index in [0.29, 0.717) is 23.7 Å². The number of aromatic nitrogens is 2. The van der Waals surface area contributed by atoms with Gasteiger partial charge in [-0.05, 0) is 34.8 Å². The van der Waals surface area contributed by atoms with Crippen molar-refractivity contribution >= 4 is 44.3 Å². The van der Waals surface area contributed by atoms with Gasteiger partial charge in [-0.1, -0.05) is 0 Å². The number of nitrogens with zero attached hydrogens (tertiary/aromatic N) is 1. The molecule has 0 saturated heterocycles. The zero-order chi connectivity index (χ0) is 14.5. The summed E-state index contributed by atoms with van der Waals surface area (Å²) in [6.45, 7) is 0. The maximum absolute atomic E-state index is 11.9. The number of aliphatic carboxylic acids is 1. The summed E-state index contributed by atoms with van der Waals surface area (Å²) in [5, 5.41) is 13.6. The molecule has 1 amide bonds. The van der Waals surface area contributed by atoms with Crippen molar-refractivity contribution in [2.24, 2.45) is 0 Å². The average Bonchev–Trinajstić information content (AvgIpc) is 2.98. The van der Waals surface area contributed by atoms with Crippen LogP contribution in [0.5, 0.6) is 0 Å². The Morgan fingerprint density at radius 3 is 2.95 bits per heavy atom. The Morgan fingerprint density at radius 2 is 2.30 bits per heavy atom. The maximum atomic E-state index is 11.9. The first kappa shape index (κ1) is 14.7. The van der Waals surface area contributed by atoms with Crippen LogP contribution in [-0.4, -0.2) is 27.0 Å². The molecule has 0 aromatic carbocycles. The molecule has 2 heterocycles. The molecule has 2 rings (SSSR count). The maximum Gasteiger partial charge on any atom is 0.303 e. The van der Waals surface area contributed by atoms with Crippen molar-refractivity contribution in [3.63, 3.8) is 0 Å². The number of nitrogens with one attached hydrogen (secondary N) is 2. The molecule has 6 nitrogen and oxygen atoms in total. The van der Waals surface area contributed by atoms with Crippen LogP contribution >= 0.6 is 27.3 Å². The van der Waals surface area contributed by atoms with E-state index in [9.17, 15) is 9.59 Å². The summed E-state index contributed by atoms with van der Waals surface area (Å²) in [6, 6.07) is 1.68. The van der Waals surface area contributed by atoms with Crippen LogP contribution in [0.1, 0.15) is 29.0 Å². The predicted octanol–water partition coefficient (Wildman–Crippen LogP) is 2.89. The monoisotopic (exact) mass is 357 g/mol. The fourth-order valence-corrected chi connectivity index (χ4v) is 2.65. The highest BCUT2D eigenvalue weighted by Gasteiger charge is 2.11. The Hall–Kier alpha value is -1.67. The predicted molar refractivity (Wildman–Crippen MR) is 79.1 cm³/mol. The second-order valence-corrected chi connectivity index (χ2v) is 5.85. The standard InChI is InChI=1S/C12H12BrN3O3S/c13-7-4-9(14-5-7)11(19)16-12-15-8(6-20-12)2-1-3-10(17)18/h4-6,14H,1-3H2,(H,17,18)(H,15,16,19). The highest BCUT2D eigenvalue weighted by molar-refractivity contribution is 9.10. The molecule has 0 aliphatic carbocycles. The van der Waals surface area contributed by atoms with Crippen molar-refractivity contribution in [3.8, 4) is 0 Å². The van der Waals surface area contributed by atoms with Crippen molar-refractivity contribution in [2.45, 2.75) is 19.3 Å². The fourth-order valence-electron chi connectivity index (χ4n) is 1.56. The number of carbonyl (C=O) groups is 2. The third-order valence-corrected chi connectivity index (χ3v) is 3.75. The molecule has 0 atom stereocenters. The van der Waals surface area contributed by atoms with Crippen LogP contribution in [0.15, 0.2) is 22.1 Å². The number of aromatic amines is 1. The van der Waals surface area contributed by atoms with Gasteiger partial charge < -0.3 is 10.1 Å². The number of halogens is 1. The number of rotatable bonds is 6. The number of hydrogen-bond donors (Lipinski definition) is 3. The third kappa shape index (κ3) is 4.17. The number of H-pyrrole nitrogens is 1. The van der Waals surface area contributed by atoms with Crippen molar-refractivity contribution in [2.75, 3.05) is 5.32 Å². The number of amides is 1. The van der Waals surface area contributed by atoms with Crippen LogP contribution in [-0.2, 0) is 11.2 Å². The van der Waals surface area contributed by atoms with Crippen LogP contribution in [0.4, 0.5) is 5.13 Å². The summed E-state index contributed by atoms with van der Waals surface area (Å²) in [5.41, 5.74) is 1.23. The smallest absolute Gasteiger partial charge is 0.303 e. The summed E-state index contributed by atoms with van der Waals surface area (Å²) < 4.78 is 0.802. The van der Waals surface area contributed by atoms with Gasteiger partial charge in [0.15, 0.2) is 5.13 Å². The minimum Gasteiger partial charge on any atom is -0.481 e. The van der Waals surface area contributed by atoms with E-state index in [2.05, 4.69) is 31.2 Å². The van der Waals surface area contributed by atoms with E-state index in [4.69, 9.17) is 5.11 Å². The molecule has 0 aliphatic rings. The Labute approximate surface area is 127 Å². The quantitative estimate of drug-likeness (QED) is 0.740. The largest absolute Gasteiger partial charge is 0.481 e. The Kier molecular flexibility index (Phi) is 4.91. The van der Waals surface area contributed by atoms with Crippen molar-refractivity contribution in [3.05, 3.63) is 33.5 Å². The molecule has 8 heteroatoms. The van der Waals surface area contributed by atoms with Gasteiger partial charge in [-0.25, -0.2) is 4.98 Å². The van der Waals surface area contributed by atoms with E-state index in [1.54, 1.807) is 12.3 Å². The zero-order valence-corrected chi connectivity index (χ0v) is 12.8. The first-order valence-corrected chi connectivity index (χ1v) is 7.53. The normalized spacial score (nSPS) is 10.4. The van der Waals surface area contributed by atoms with Crippen molar-refractivity contribution in [1.82, 2.24) is 9.97 Å². The van der Waals surface area contributed by atoms with E-state index < -0.39 is 5.97 Å². The lowest BCUT2D eigenvalue weighted by Gasteiger charge is -1.98. The van der Waals surface area contributed by atoms with Crippen LogP contribution in [0, 0.1) is 0 Å². The van der Waals surface area contributed by atoms with E-state index in [-0.39, 0.29) is 12.3 Å². The minimum absolute atomic E-state index is 0.121. The van der Waals surface area contributed by atoms with Crippen molar-refractivity contribution in [1.29, 1.82) is 0 Å². The number of carbonyl (C=O) groups excluding carboxylic acids is 1. The molecule has 2 aromatic heterocycles. The van der Waals surface area contributed by atoms with E-state index in [1.807, 2.05) is 5.38 Å². The lowest BCUT2D eigenvalue weighted by Crippen LogP contribution is -2.12. The first-order valence-electron chi connectivity index (χ1n) is 5.86. The van der Waals surface area contributed by atoms with Crippen LogP contribution in [0.25, 0.3) is 0 Å². The summed E-state index contributed by atoms with van der Waals surface area (Å²) >= 11 is 4.58. The third-order valence-electron chi connectivity index (χ3n) is 2.49. The van der Waals surface area contributed by atoms with Gasteiger partial charge in [0, 0.05) is 22.5 Å². The van der Waals surface area contributed by atoms with E-state index in [1.165, 1.54) is 11.3 Å². The molecule has 0 bridgehead atoms. The highest BCUT2D eigenvalue weighted by atomic mass is 79.9. The highest BCUT2D eigenvalue weighted by Crippen LogP contribution is 2.18. The Bertz CT molecular complexity index is 623. The van der Waals surface area contributed by atoms with Gasteiger partial charge in [0.05, 0.1) is 5.69 Å². The number of thiazole rings is 1. The molecular weight excluding hydrogens is 346 g/mol. The molecule has 20 heavy (non-hydrogen) atoms. The number of hydrogen-bond acceptors (Lipinski definition) is 4. The number of anilines is 1. The van der Waals surface area contributed by atoms with Gasteiger partial charge in [-0.2, -0.15) is 0 Å². The number of carboxylic acids is 1.